The third-order valence-corrected chi connectivity index (χ3v) is 12.7. The van der Waals surface area contributed by atoms with E-state index in [1.54, 1.807) is 0 Å². The van der Waals surface area contributed by atoms with Crippen molar-refractivity contribution in [2.45, 2.75) is 0 Å². The van der Waals surface area contributed by atoms with Gasteiger partial charge < -0.3 is 4.57 Å². The molecule has 0 aliphatic rings. The summed E-state index contributed by atoms with van der Waals surface area (Å²) in [5.41, 5.74) is 5.55. The van der Waals surface area contributed by atoms with E-state index in [1.165, 1.54) is 0 Å². The number of imidazole rings is 1. The Morgan fingerprint density at radius 3 is 2.00 bits per heavy atom. The maximum atomic E-state index is 15.5. The van der Waals surface area contributed by atoms with E-state index in [0.29, 0.717) is 5.82 Å². The molecule has 0 aliphatic heterocycles. The van der Waals surface area contributed by atoms with E-state index in [9.17, 15) is 0 Å². The van der Waals surface area contributed by atoms with Crippen molar-refractivity contribution in [3.8, 4) is 11.4 Å². The van der Waals surface area contributed by atoms with Gasteiger partial charge in [-0.05, 0) is 58.6 Å². The number of nitrogens with zero attached hydrogens (tertiary/aromatic N) is 4. The largest absolute Gasteiger partial charge is 0.309 e. The molecule has 7 aromatic carbocycles. The van der Waals surface area contributed by atoms with E-state index in [1.807, 2.05) is 97.2 Å². The van der Waals surface area contributed by atoms with Gasteiger partial charge in [0.05, 0.1) is 22.1 Å². The molecule has 0 bridgehead atoms. The summed E-state index contributed by atoms with van der Waals surface area (Å²) in [4.78, 5) is 14.9. The third kappa shape index (κ3) is 4.19. The van der Waals surface area contributed by atoms with Crippen LogP contribution in [0.2, 0.25) is 0 Å². The number of benzene rings is 7. The molecule has 10 aromatic rings. The fraction of sp³-hybridized carbons (Fsp3) is 0. The molecule has 0 N–H and O–H groups in total. The minimum absolute atomic E-state index is 0.667. The first-order valence-electron chi connectivity index (χ1n) is 16.3. The van der Waals surface area contributed by atoms with Gasteiger partial charge in [0.1, 0.15) is 5.65 Å². The summed E-state index contributed by atoms with van der Waals surface area (Å²) in [6, 6.07) is 53.1. The average molecular weight is 647 g/mol. The summed E-state index contributed by atoms with van der Waals surface area (Å²) in [6.07, 6.45) is 1.88. The lowest BCUT2D eigenvalue weighted by Crippen LogP contribution is -2.25. The first-order valence-corrected chi connectivity index (χ1v) is 18.0. The molecule has 0 saturated carbocycles. The highest BCUT2D eigenvalue weighted by Gasteiger charge is 2.30. The summed E-state index contributed by atoms with van der Waals surface area (Å²) < 4.78 is 17.8. The van der Waals surface area contributed by atoms with Crippen molar-refractivity contribution in [1.29, 1.82) is 0 Å². The zero-order chi connectivity index (χ0) is 32.5. The van der Waals surface area contributed by atoms with Crippen LogP contribution in [0.25, 0.3) is 71.4 Å². The lowest BCUT2D eigenvalue weighted by Gasteiger charge is -2.21. The zero-order valence-electron chi connectivity index (χ0n) is 26.2. The van der Waals surface area contributed by atoms with Gasteiger partial charge >= 0.3 is 0 Å². The molecule has 0 fully saturated rings. The first kappa shape index (κ1) is 27.9. The predicted molar refractivity (Wildman–Crippen MR) is 203 cm³/mol. The van der Waals surface area contributed by atoms with Crippen molar-refractivity contribution in [3.63, 3.8) is 0 Å². The second-order valence-corrected chi connectivity index (χ2v) is 15.2. The van der Waals surface area contributed by atoms with Gasteiger partial charge in [-0.1, -0.05) is 115 Å². The Bertz CT molecular complexity index is 2930. The Morgan fingerprint density at radius 1 is 0.490 bits per heavy atom. The monoisotopic (exact) mass is 646 g/mol. The van der Waals surface area contributed by atoms with Crippen LogP contribution in [0.4, 0.5) is 0 Å². The first-order chi connectivity index (χ1) is 24.2. The van der Waals surface area contributed by atoms with E-state index < -0.39 is 7.14 Å². The molecule has 49 heavy (non-hydrogen) atoms. The van der Waals surface area contributed by atoms with Crippen LogP contribution in [0.1, 0.15) is 0 Å². The minimum atomic E-state index is -3.21. The van der Waals surface area contributed by atoms with Gasteiger partial charge in [0.25, 0.3) is 0 Å². The molecule has 0 amide bonds. The molecule has 0 saturated heterocycles. The molecular weight excluding hydrogens is 619 g/mol. The van der Waals surface area contributed by atoms with Crippen molar-refractivity contribution < 1.29 is 4.57 Å². The number of aromatic nitrogens is 4. The van der Waals surface area contributed by atoms with E-state index >= 15 is 4.57 Å². The van der Waals surface area contributed by atoms with Crippen molar-refractivity contribution >= 4 is 83.1 Å². The highest BCUT2D eigenvalue weighted by molar-refractivity contribution is 7.85. The molecular formula is C43H27N4OP. The molecule has 6 heteroatoms. The van der Waals surface area contributed by atoms with Gasteiger partial charge in [-0.15, -0.1) is 0 Å². The topological polar surface area (TPSA) is 60.2 Å². The van der Waals surface area contributed by atoms with Crippen LogP contribution >= 0.6 is 7.14 Å². The van der Waals surface area contributed by atoms with Gasteiger partial charge in [-0.25, -0.2) is 15.0 Å². The Morgan fingerprint density at radius 2 is 1.20 bits per heavy atom. The Kier molecular flexibility index (Phi) is 6.08. The van der Waals surface area contributed by atoms with Gasteiger partial charge in [-0.3, -0.25) is 4.40 Å². The highest BCUT2D eigenvalue weighted by atomic mass is 31.2. The number of fused-ring (bicyclic) bond motifs is 11. The smallest absolute Gasteiger partial charge is 0.171 e. The summed E-state index contributed by atoms with van der Waals surface area (Å²) in [7, 11) is -3.21. The summed E-state index contributed by atoms with van der Waals surface area (Å²) in [5.74, 6) is 0.667. The van der Waals surface area contributed by atoms with Crippen molar-refractivity contribution in [2.75, 3.05) is 0 Å². The number of para-hydroxylation sites is 1. The number of hydrogen-bond acceptors (Lipinski definition) is 4. The summed E-state index contributed by atoms with van der Waals surface area (Å²) in [6.45, 7) is 0. The van der Waals surface area contributed by atoms with E-state index in [-0.39, 0.29) is 0 Å². The second kappa shape index (κ2) is 10.7. The molecule has 3 aromatic heterocycles. The van der Waals surface area contributed by atoms with Crippen LogP contribution in [-0.4, -0.2) is 19.4 Å². The maximum Gasteiger partial charge on any atom is 0.171 e. The third-order valence-electron chi connectivity index (χ3n) is 9.67. The van der Waals surface area contributed by atoms with Crippen LogP contribution < -0.4 is 15.9 Å². The molecule has 0 radical (unpaired) electrons. The lowest BCUT2D eigenvalue weighted by molar-refractivity contribution is 0.592. The van der Waals surface area contributed by atoms with Gasteiger partial charge in [0.15, 0.2) is 13.0 Å². The SMILES string of the molecule is O=P(c1ccccc1)(c1ccccc1)c1ccc2c(c1)c1ccc3ccccc3c1c1nc3ccc(-c4ncc5ccccc5n4)cc3n21. The molecule has 0 aliphatic carbocycles. The second-order valence-electron chi connectivity index (χ2n) is 12.4. The Balaban J connectivity index is 1.32. The molecule has 0 unspecified atom stereocenters. The normalized spacial score (nSPS) is 12.2. The highest BCUT2D eigenvalue weighted by Crippen LogP contribution is 2.44. The van der Waals surface area contributed by atoms with Crippen LogP contribution in [-0.2, 0) is 4.57 Å². The molecule has 3 heterocycles. The van der Waals surface area contributed by atoms with Crippen molar-refractivity contribution in [3.05, 3.63) is 164 Å². The lowest BCUT2D eigenvalue weighted by atomic mass is 9.99. The zero-order valence-corrected chi connectivity index (χ0v) is 27.1. The van der Waals surface area contributed by atoms with Gasteiger partial charge in [0.2, 0.25) is 0 Å². The predicted octanol–water partition coefficient (Wildman–Crippen LogP) is 9.20. The Labute approximate surface area is 281 Å². The van der Waals surface area contributed by atoms with Crippen LogP contribution in [0.3, 0.4) is 0 Å². The van der Waals surface area contributed by atoms with Gasteiger partial charge in [0, 0.05) is 43.8 Å². The Hall–Kier alpha value is -6.16. The molecule has 0 spiro atoms. The number of pyridine rings is 1. The molecule has 10 rings (SSSR count). The van der Waals surface area contributed by atoms with Crippen molar-refractivity contribution in [2.24, 2.45) is 0 Å². The fourth-order valence-corrected chi connectivity index (χ4v) is 10.0. The summed E-state index contributed by atoms with van der Waals surface area (Å²) in [5, 5.41) is 8.84. The molecule has 230 valence electrons. The van der Waals surface area contributed by atoms with E-state index in [0.717, 1.165) is 81.5 Å². The van der Waals surface area contributed by atoms with Crippen LogP contribution in [0.5, 0.6) is 0 Å². The number of rotatable bonds is 4. The standard InChI is InChI=1S/C43H27N4OP/c48-49(31-13-3-1-4-14-31,32-15-5-2-6-16-32)33-21-24-39-36(26-33)35-22-19-28-11-7-9-17-34(28)41(35)43-46-38-23-20-29(25-40(38)47(39)43)42-44-27-30-12-8-10-18-37(30)45-42/h1-27H. The van der Waals surface area contributed by atoms with Crippen LogP contribution in [0.15, 0.2) is 164 Å². The van der Waals surface area contributed by atoms with Crippen molar-refractivity contribution in [1.82, 2.24) is 19.4 Å². The fourth-order valence-electron chi connectivity index (χ4n) is 7.33. The maximum absolute atomic E-state index is 15.5. The molecule has 0 atom stereocenters. The van der Waals surface area contributed by atoms with Crippen LogP contribution in [0, 0.1) is 0 Å². The minimum Gasteiger partial charge on any atom is -0.309 e. The average Bonchev–Trinajstić information content (AvgIpc) is 3.56. The van der Waals surface area contributed by atoms with E-state index in [2.05, 4.69) is 71.1 Å². The van der Waals surface area contributed by atoms with Gasteiger partial charge in [-0.2, -0.15) is 0 Å². The number of hydrogen-bond donors (Lipinski definition) is 0. The summed E-state index contributed by atoms with van der Waals surface area (Å²) >= 11 is 0. The van der Waals surface area contributed by atoms with E-state index in [4.69, 9.17) is 15.0 Å². The quantitative estimate of drug-likeness (QED) is 0.141. The molecule has 5 nitrogen and oxygen atoms in total.